The molecule has 2 aliphatic heterocycles. The van der Waals surface area contributed by atoms with Gasteiger partial charge in [-0.15, -0.1) is 0 Å². The highest BCUT2D eigenvalue weighted by atomic mass is 16.7. The first-order chi connectivity index (χ1) is 13.2. The molecule has 1 fully saturated rings. The van der Waals surface area contributed by atoms with E-state index in [-0.39, 0.29) is 24.4 Å². The summed E-state index contributed by atoms with van der Waals surface area (Å²) in [6.45, 7) is 1.35. The second-order valence-electron chi connectivity index (χ2n) is 6.81. The number of aromatic nitrogens is 2. The van der Waals surface area contributed by atoms with Gasteiger partial charge in [0.25, 0.3) is 0 Å². The molecule has 2 aliphatic rings. The summed E-state index contributed by atoms with van der Waals surface area (Å²) in [4.78, 5) is 35.5. The van der Waals surface area contributed by atoms with Gasteiger partial charge in [-0.1, -0.05) is 0 Å². The van der Waals surface area contributed by atoms with Crippen molar-refractivity contribution >= 4 is 11.7 Å². The smallest absolute Gasteiger partial charge is 0.231 e. The topological polar surface area (TPSA) is 81.6 Å². The van der Waals surface area contributed by atoms with Gasteiger partial charge >= 0.3 is 0 Å². The Hall–Kier alpha value is -2.96. The molecule has 1 amide bonds. The molecule has 1 aromatic carbocycles. The Morgan fingerprint density at radius 3 is 2.93 bits per heavy atom. The van der Waals surface area contributed by atoms with Crippen molar-refractivity contribution < 1.29 is 19.1 Å². The van der Waals surface area contributed by atoms with Crippen LogP contribution in [0.4, 0.5) is 0 Å². The number of fused-ring (bicyclic) bond motifs is 1. The van der Waals surface area contributed by atoms with Crippen molar-refractivity contribution in [2.24, 2.45) is 5.92 Å². The highest BCUT2D eigenvalue weighted by molar-refractivity contribution is 5.99. The van der Waals surface area contributed by atoms with Crippen molar-refractivity contribution in [3.8, 4) is 11.5 Å². The number of amides is 1. The first-order valence-electron chi connectivity index (χ1n) is 9.17. The maximum Gasteiger partial charge on any atom is 0.231 e. The molecule has 4 rings (SSSR count). The zero-order valence-electron chi connectivity index (χ0n) is 15.0. The van der Waals surface area contributed by atoms with Crippen LogP contribution >= 0.6 is 0 Å². The lowest BCUT2D eigenvalue weighted by molar-refractivity contribution is -0.132. The van der Waals surface area contributed by atoms with Crippen LogP contribution in [0.3, 0.4) is 0 Å². The lowest BCUT2D eigenvalue weighted by Gasteiger charge is -2.32. The number of hydrogen-bond acceptors (Lipinski definition) is 6. The first kappa shape index (κ1) is 17.5. The number of Topliss-reactive ketones (excluding diaryl/α,β-unsaturated/α-hetero) is 1. The standard InChI is InChI=1S/C20H21N3O4/c24-19(6-4-16-11-21-7-8-22-16)23-9-1-2-15(12-23)20(25)14-3-5-17-18(10-14)27-13-26-17/h3,5,7-8,10-11,15H,1-2,4,6,9,12-13H2/t15-/m1/s1. The summed E-state index contributed by atoms with van der Waals surface area (Å²) in [5, 5.41) is 0. The van der Waals surface area contributed by atoms with Gasteiger partial charge in [0, 0.05) is 49.6 Å². The highest BCUT2D eigenvalue weighted by Gasteiger charge is 2.29. The van der Waals surface area contributed by atoms with Crippen LogP contribution in [0, 0.1) is 5.92 Å². The summed E-state index contributed by atoms with van der Waals surface area (Å²) in [6.07, 6.45) is 7.48. The van der Waals surface area contributed by atoms with Crippen molar-refractivity contribution in [1.82, 2.24) is 14.9 Å². The number of piperidine rings is 1. The lowest BCUT2D eigenvalue weighted by atomic mass is 9.89. The Balaban J connectivity index is 1.37. The van der Waals surface area contributed by atoms with E-state index >= 15 is 0 Å². The van der Waals surface area contributed by atoms with E-state index in [9.17, 15) is 9.59 Å². The van der Waals surface area contributed by atoms with Gasteiger partial charge < -0.3 is 14.4 Å². The number of nitrogens with zero attached hydrogens (tertiary/aromatic N) is 3. The van der Waals surface area contributed by atoms with Gasteiger partial charge in [0.05, 0.1) is 5.69 Å². The number of likely N-dealkylation sites (tertiary alicyclic amines) is 1. The molecule has 140 valence electrons. The fraction of sp³-hybridized carbons (Fsp3) is 0.400. The predicted octanol–water partition coefficient (Wildman–Crippen LogP) is 2.26. The monoisotopic (exact) mass is 367 g/mol. The van der Waals surface area contributed by atoms with Crippen molar-refractivity contribution in [3.05, 3.63) is 48.0 Å². The van der Waals surface area contributed by atoms with Gasteiger partial charge in [0.2, 0.25) is 12.7 Å². The van der Waals surface area contributed by atoms with E-state index in [4.69, 9.17) is 9.47 Å². The van der Waals surface area contributed by atoms with Crippen LogP contribution in [0.2, 0.25) is 0 Å². The second kappa shape index (κ2) is 7.73. The molecule has 0 bridgehead atoms. The highest BCUT2D eigenvalue weighted by Crippen LogP contribution is 2.33. The molecule has 1 saturated heterocycles. The Morgan fingerprint density at radius 2 is 2.07 bits per heavy atom. The quantitative estimate of drug-likeness (QED) is 0.754. The third kappa shape index (κ3) is 3.92. The Bertz CT molecular complexity index is 840. The fourth-order valence-corrected chi connectivity index (χ4v) is 3.56. The Labute approximate surface area is 157 Å². The molecular formula is C20H21N3O4. The van der Waals surface area contributed by atoms with Gasteiger partial charge in [0.1, 0.15) is 0 Å². The van der Waals surface area contributed by atoms with Crippen molar-refractivity contribution in [3.63, 3.8) is 0 Å². The zero-order chi connectivity index (χ0) is 18.6. The van der Waals surface area contributed by atoms with E-state index in [0.717, 1.165) is 18.5 Å². The largest absolute Gasteiger partial charge is 0.454 e. The molecule has 0 unspecified atom stereocenters. The molecule has 0 radical (unpaired) electrons. The van der Waals surface area contributed by atoms with E-state index in [0.29, 0.717) is 43.0 Å². The number of carbonyl (C=O) groups excluding carboxylic acids is 2. The molecule has 0 spiro atoms. The summed E-state index contributed by atoms with van der Waals surface area (Å²) in [7, 11) is 0. The summed E-state index contributed by atoms with van der Waals surface area (Å²) >= 11 is 0. The molecule has 0 saturated carbocycles. The Morgan fingerprint density at radius 1 is 1.19 bits per heavy atom. The molecule has 7 heteroatoms. The van der Waals surface area contributed by atoms with Crippen molar-refractivity contribution in [2.45, 2.75) is 25.7 Å². The summed E-state index contributed by atoms with van der Waals surface area (Å²) in [6, 6.07) is 5.27. The number of ether oxygens (including phenoxy) is 2. The number of ketones is 1. The van der Waals surface area contributed by atoms with E-state index in [1.807, 2.05) is 0 Å². The van der Waals surface area contributed by atoms with E-state index in [2.05, 4.69) is 9.97 Å². The molecular weight excluding hydrogens is 346 g/mol. The molecule has 7 nitrogen and oxygen atoms in total. The third-order valence-corrected chi connectivity index (χ3v) is 5.01. The number of hydrogen-bond donors (Lipinski definition) is 0. The second-order valence-corrected chi connectivity index (χ2v) is 6.81. The summed E-state index contributed by atoms with van der Waals surface area (Å²) < 4.78 is 10.7. The minimum absolute atomic E-state index is 0.0553. The summed E-state index contributed by atoms with van der Waals surface area (Å²) in [5.74, 6) is 1.20. The minimum Gasteiger partial charge on any atom is -0.454 e. The van der Waals surface area contributed by atoms with Crippen molar-refractivity contribution in [1.29, 1.82) is 0 Å². The molecule has 0 N–H and O–H groups in total. The molecule has 1 aromatic heterocycles. The number of aryl methyl sites for hydroxylation is 1. The van der Waals surface area contributed by atoms with Gasteiger partial charge in [-0.3, -0.25) is 19.6 Å². The van der Waals surface area contributed by atoms with Crippen LogP contribution in [-0.4, -0.2) is 46.4 Å². The zero-order valence-corrected chi connectivity index (χ0v) is 15.0. The van der Waals surface area contributed by atoms with Gasteiger partial charge in [-0.2, -0.15) is 0 Å². The van der Waals surface area contributed by atoms with Gasteiger partial charge in [-0.25, -0.2) is 0 Å². The van der Waals surface area contributed by atoms with Crippen molar-refractivity contribution in [2.75, 3.05) is 19.9 Å². The van der Waals surface area contributed by atoms with E-state index in [1.165, 1.54) is 0 Å². The van der Waals surface area contributed by atoms with Crippen LogP contribution in [0.5, 0.6) is 11.5 Å². The predicted molar refractivity (Wildman–Crippen MR) is 96.6 cm³/mol. The van der Waals surface area contributed by atoms with Gasteiger partial charge in [0.15, 0.2) is 17.3 Å². The number of benzene rings is 1. The molecule has 27 heavy (non-hydrogen) atoms. The molecule has 2 aromatic rings. The number of carbonyl (C=O) groups is 2. The SMILES string of the molecule is O=C(c1ccc2c(c1)OCO2)[C@@H]1CCCN(C(=O)CCc2cnccn2)C1. The maximum atomic E-state index is 12.9. The number of rotatable bonds is 5. The van der Waals surface area contributed by atoms with Crippen LogP contribution in [0.15, 0.2) is 36.8 Å². The minimum atomic E-state index is -0.181. The summed E-state index contributed by atoms with van der Waals surface area (Å²) in [5.41, 5.74) is 1.41. The van der Waals surface area contributed by atoms with Crippen LogP contribution in [0.1, 0.15) is 35.3 Å². The molecule has 3 heterocycles. The average molecular weight is 367 g/mol. The molecule has 1 atom stereocenters. The normalized spacial score (nSPS) is 18.4. The fourth-order valence-electron chi connectivity index (χ4n) is 3.56. The van der Waals surface area contributed by atoms with Crippen LogP contribution < -0.4 is 9.47 Å². The van der Waals surface area contributed by atoms with Gasteiger partial charge in [-0.05, 0) is 37.5 Å². The average Bonchev–Trinajstić information content (AvgIpc) is 3.20. The van der Waals surface area contributed by atoms with Crippen LogP contribution in [-0.2, 0) is 11.2 Å². The molecule has 0 aliphatic carbocycles. The van der Waals surface area contributed by atoms with Crippen LogP contribution in [0.25, 0.3) is 0 Å². The third-order valence-electron chi connectivity index (χ3n) is 5.01. The van der Waals surface area contributed by atoms with E-state index in [1.54, 1.807) is 41.7 Å². The Kier molecular flexibility index (Phi) is 5.00. The van der Waals surface area contributed by atoms with E-state index < -0.39 is 0 Å². The first-order valence-corrected chi connectivity index (χ1v) is 9.17. The maximum absolute atomic E-state index is 12.9. The lowest BCUT2D eigenvalue weighted by Crippen LogP contribution is -2.42.